The number of fused-ring (bicyclic) bond motifs is 1. The van der Waals surface area contributed by atoms with Gasteiger partial charge >= 0.3 is 5.69 Å². The fourth-order valence-corrected chi connectivity index (χ4v) is 3.26. The van der Waals surface area contributed by atoms with E-state index >= 15 is 0 Å². The van der Waals surface area contributed by atoms with Crippen LogP contribution in [0.1, 0.15) is 11.1 Å². The van der Waals surface area contributed by atoms with Crippen LogP contribution in [0.25, 0.3) is 17.3 Å². The Kier molecular flexibility index (Phi) is 4.07. The van der Waals surface area contributed by atoms with Gasteiger partial charge < -0.3 is 9.88 Å². The number of benzene rings is 2. The van der Waals surface area contributed by atoms with Crippen LogP contribution < -0.4 is 10.6 Å². The first-order valence-corrected chi connectivity index (χ1v) is 8.24. The van der Waals surface area contributed by atoms with Crippen LogP contribution in [0.2, 0.25) is 0 Å². The number of rotatable bonds is 2. The van der Waals surface area contributed by atoms with Crippen molar-refractivity contribution in [2.75, 3.05) is 11.4 Å². The zero-order chi connectivity index (χ0) is 19.1. The van der Waals surface area contributed by atoms with Gasteiger partial charge in [0, 0.05) is 17.7 Å². The van der Waals surface area contributed by atoms with Crippen LogP contribution in [0, 0.1) is 24.4 Å². The van der Waals surface area contributed by atoms with Gasteiger partial charge in [-0.3, -0.25) is 0 Å². The molecule has 0 aliphatic carbocycles. The van der Waals surface area contributed by atoms with Gasteiger partial charge in [-0.05, 0) is 42.8 Å². The second kappa shape index (κ2) is 6.42. The summed E-state index contributed by atoms with van der Waals surface area (Å²) in [6.45, 7) is 1.87. The molecule has 1 aliphatic heterocycles. The molecule has 1 aliphatic rings. The topological polar surface area (TPSA) is 49.0 Å². The molecule has 4 nitrogen and oxygen atoms in total. The number of nitrogens with zero attached hydrogens (tertiary/aromatic N) is 2. The zero-order valence-electron chi connectivity index (χ0n) is 14.3. The zero-order valence-corrected chi connectivity index (χ0v) is 14.3. The number of anilines is 2. The fourth-order valence-electron chi connectivity index (χ4n) is 3.26. The molecule has 136 valence electrons. The molecule has 0 atom stereocenters. The second-order valence-corrected chi connectivity index (χ2v) is 6.20. The monoisotopic (exact) mass is 369 g/mol. The van der Waals surface area contributed by atoms with E-state index in [-0.39, 0.29) is 18.1 Å². The number of nitrogens with one attached hydrogen (secondary N) is 1. The average molecular weight is 369 g/mol. The molecule has 0 unspecified atom stereocenters. The summed E-state index contributed by atoms with van der Waals surface area (Å²) in [5.41, 5.74) is 1.19. The van der Waals surface area contributed by atoms with Crippen molar-refractivity contribution in [1.29, 1.82) is 0 Å². The van der Waals surface area contributed by atoms with Crippen LogP contribution in [0.4, 0.5) is 24.7 Å². The Morgan fingerprint density at radius 2 is 1.85 bits per heavy atom. The molecule has 7 heteroatoms. The van der Waals surface area contributed by atoms with Crippen LogP contribution in [0.5, 0.6) is 0 Å². The summed E-state index contributed by atoms with van der Waals surface area (Å²) in [5.74, 6) is -1.76. The summed E-state index contributed by atoms with van der Waals surface area (Å²) in [6, 6.07) is 7.75. The molecule has 2 heterocycles. The molecule has 0 bridgehead atoms. The largest absolute Gasteiger partial charge is 0.347 e. The SMILES string of the molecule is Cc1cc(F)ccc1-c1[nH]c(=O)nc2c1C=CCN2c1c(F)cccc1F. The van der Waals surface area contributed by atoms with Crippen LogP contribution in [-0.4, -0.2) is 16.5 Å². The van der Waals surface area contributed by atoms with Gasteiger partial charge in [-0.15, -0.1) is 0 Å². The second-order valence-electron chi connectivity index (χ2n) is 6.20. The smallest absolute Gasteiger partial charge is 0.317 e. The van der Waals surface area contributed by atoms with E-state index in [0.29, 0.717) is 22.4 Å². The van der Waals surface area contributed by atoms with Crippen molar-refractivity contribution in [2.45, 2.75) is 6.92 Å². The van der Waals surface area contributed by atoms with Gasteiger partial charge in [-0.2, -0.15) is 4.98 Å². The molecule has 3 aromatic rings. The third-order valence-electron chi connectivity index (χ3n) is 4.44. The van der Waals surface area contributed by atoms with E-state index in [1.807, 2.05) is 0 Å². The molecule has 0 radical (unpaired) electrons. The Balaban J connectivity index is 1.97. The van der Waals surface area contributed by atoms with E-state index in [0.717, 1.165) is 12.1 Å². The van der Waals surface area contributed by atoms with Crippen LogP contribution in [-0.2, 0) is 0 Å². The van der Waals surface area contributed by atoms with Gasteiger partial charge in [0.2, 0.25) is 0 Å². The number of para-hydroxylation sites is 1. The fraction of sp³-hybridized carbons (Fsp3) is 0.100. The van der Waals surface area contributed by atoms with E-state index in [9.17, 15) is 18.0 Å². The van der Waals surface area contributed by atoms with Gasteiger partial charge in [0.15, 0.2) is 0 Å². The summed E-state index contributed by atoms with van der Waals surface area (Å²) in [7, 11) is 0. The average Bonchev–Trinajstić information content (AvgIpc) is 2.61. The molecule has 1 aromatic heterocycles. The van der Waals surface area contributed by atoms with Gasteiger partial charge in [-0.25, -0.2) is 18.0 Å². The Bertz CT molecular complexity index is 1120. The number of aromatic amines is 1. The van der Waals surface area contributed by atoms with E-state index < -0.39 is 23.1 Å². The predicted octanol–water partition coefficient (Wildman–Crippen LogP) is 4.33. The summed E-state index contributed by atoms with van der Waals surface area (Å²) in [4.78, 5) is 20.1. The number of hydrogen-bond donors (Lipinski definition) is 1. The third kappa shape index (κ3) is 2.91. The van der Waals surface area contributed by atoms with Crippen molar-refractivity contribution < 1.29 is 13.2 Å². The van der Waals surface area contributed by atoms with Crippen molar-refractivity contribution >= 4 is 17.6 Å². The number of aromatic nitrogens is 2. The number of H-pyrrole nitrogens is 1. The molecular weight excluding hydrogens is 355 g/mol. The number of halogens is 3. The maximum atomic E-state index is 14.3. The maximum absolute atomic E-state index is 14.3. The molecule has 2 aromatic carbocycles. The lowest BCUT2D eigenvalue weighted by molar-refractivity contribution is 0.581. The van der Waals surface area contributed by atoms with E-state index in [1.54, 1.807) is 25.1 Å². The van der Waals surface area contributed by atoms with Gasteiger partial charge in [-0.1, -0.05) is 18.2 Å². The van der Waals surface area contributed by atoms with E-state index in [2.05, 4.69) is 9.97 Å². The van der Waals surface area contributed by atoms with E-state index in [4.69, 9.17) is 0 Å². The normalized spacial score (nSPS) is 13.0. The maximum Gasteiger partial charge on any atom is 0.347 e. The lowest BCUT2D eigenvalue weighted by Crippen LogP contribution is -2.28. The molecule has 0 saturated heterocycles. The molecule has 1 N–H and O–H groups in total. The molecule has 0 amide bonds. The highest BCUT2D eigenvalue weighted by atomic mass is 19.1. The summed E-state index contributed by atoms with van der Waals surface area (Å²) in [5, 5.41) is 0. The Labute approximate surface area is 152 Å². The lowest BCUT2D eigenvalue weighted by Gasteiger charge is -2.28. The summed E-state index contributed by atoms with van der Waals surface area (Å²) < 4.78 is 42.1. The van der Waals surface area contributed by atoms with Crippen molar-refractivity contribution in [3.8, 4) is 11.3 Å². The Morgan fingerprint density at radius 3 is 2.56 bits per heavy atom. The summed E-state index contributed by atoms with van der Waals surface area (Å²) >= 11 is 0. The van der Waals surface area contributed by atoms with Crippen LogP contribution in [0.15, 0.2) is 47.3 Å². The van der Waals surface area contributed by atoms with Crippen molar-refractivity contribution in [1.82, 2.24) is 9.97 Å². The highest BCUT2D eigenvalue weighted by Crippen LogP contribution is 2.37. The van der Waals surface area contributed by atoms with Crippen LogP contribution >= 0.6 is 0 Å². The van der Waals surface area contributed by atoms with Gasteiger partial charge in [0.05, 0.1) is 5.69 Å². The van der Waals surface area contributed by atoms with Crippen molar-refractivity contribution in [3.63, 3.8) is 0 Å². The van der Waals surface area contributed by atoms with E-state index in [1.165, 1.54) is 23.1 Å². The third-order valence-corrected chi connectivity index (χ3v) is 4.44. The Morgan fingerprint density at radius 1 is 1.11 bits per heavy atom. The first kappa shape index (κ1) is 17.1. The Hall–Kier alpha value is -3.35. The minimum absolute atomic E-state index is 0.143. The minimum Gasteiger partial charge on any atom is -0.317 e. The highest BCUT2D eigenvalue weighted by Gasteiger charge is 2.26. The van der Waals surface area contributed by atoms with Gasteiger partial charge in [0.25, 0.3) is 0 Å². The molecule has 4 rings (SSSR count). The van der Waals surface area contributed by atoms with Crippen molar-refractivity contribution in [2.24, 2.45) is 0 Å². The molecular formula is C20H14F3N3O. The lowest BCUT2D eigenvalue weighted by atomic mass is 9.99. The van der Waals surface area contributed by atoms with Gasteiger partial charge in [0.1, 0.15) is 29.0 Å². The number of hydrogen-bond acceptors (Lipinski definition) is 3. The molecule has 0 spiro atoms. The first-order chi connectivity index (χ1) is 13.0. The predicted molar refractivity (Wildman–Crippen MR) is 97.4 cm³/mol. The highest BCUT2D eigenvalue weighted by molar-refractivity contribution is 5.84. The quantitative estimate of drug-likeness (QED) is 0.732. The van der Waals surface area contributed by atoms with Crippen molar-refractivity contribution in [3.05, 3.63) is 81.5 Å². The molecule has 0 saturated carbocycles. The molecule has 27 heavy (non-hydrogen) atoms. The number of aryl methyl sites for hydroxylation is 1. The van der Waals surface area contributed by atoms with Crippen LogP contribution in [0.3, 0.4) is 0 Å². The minimum atomic E-state index is -0.752. The molecule has 0 fully saturated rings. The standard InChI is InChI=1S/C20H14F3N3O/c1-11-10-12(21)7-8-13(11)17-14-4-3-9-26(19(14)25-20(27)24-17)18-15(22)5-2-6-16(18)23/h2-8,10H,9H2,1H3,(H,24,25,27). The first-order valence-electron chi connectivity index (χ1n) is 8.24. The summed E-state index contributed by atoms with van der Waals surface area (Å²) in [6.07, 6.45) is 3.45.